The number of quaternary nitrogens is 1. The number of allylic oxidation sites excluding steroid dienone is 18. The van der Waals surface area contributed by atoms with Crippen molar-refractivity contribution in [2.45, 2.75) is 167 Å². The summed E-state index contributed by atoms with van der Waals surface area (Å²) >= 11 is 0. The van der Waals surface area contributed by atoms with Gasteiger partial charge >= 0.3 is 17.9 Å². The third kappa shape index (κ3) is 45.8. The highest BCUT2D eigenvalue weighted by Gasteiger charge is 2.25. The number of carboxylic acids is 1. The largest absolute Gasteiger partial charge is 0.477 e. The van der Waals surface area contributed by atoms with Gasteiger partial charge in [0.2, 0.25) is 0 Å². The summed E-state index contributed by atoms with van der Waals surface area (Å²) in [6.07, 6.45) is 57.3. The zero-order valence-electron chi connectivity index (χ0n) is 40.2. The molecule has 0 aromatic rings. The maximum Gasteiger partial charge on any atom is 0.361 e. The molecule has 0 aromatic heterocycles. The van der Waals surface area contributed by atoms with Crippen molar-refractivity contribution in [3.8, 4) is 0 Å². The molecule has 0 aliphatic carbocycles. The van der Waals surface area contributed by atoms with Crippen LogP contribution in [0.25, 0.3) is 0 Å². The molecular weight excluding hydrogens is 791 g/mol. The topological polar surface area (TPSA) is 108 Å². The van der Waals surface area contributed by atoms with E-state index in [-0.39, 0.29) is 38.6 Å². The van der Waals surface area contributed by atoms with Crippen molar-refractivity contribution in [1.82, 2.24) is 0 Å². The van der Waals surface area contributed by atoms with Gasteiger partial charge in [-0.25, -0.2) is 4.79 Å². The second-order valence-electron chi connectivity index (χ2n) is 16.7. The summed E-state index contributed by atoms with van der Waals surface area (Å²) in [7, 11) is 5.92. The van der Waals surface area contributed by atoms with Crippen LogP contribution in [0.3, 0.4) is 0 Å². The van der Waals surface area contributed by atoms with Crippen molar-refractivity contribution < 1.29 is 42.9 Å². The van der Waals surface area contributed by atoms with E-state index in [1.54, 1.807) is 0 Å². The molecule has 0 spiro atoms. The average Bonchev–Trinajstić information content (AvgIpc) is 3.24. The minimum atomic E-state index is -1.54. The number of rotatable bonds is 42. The Kier molecular flexibility index (Phi) is 41.7. The molecule has 0 amide bonds. The van der Waals surface area contributed by atoms with Gasteiger partial charge in [0.25, 0.3) is 6.29 Å². The first-order valence-corrected chi connectivity index (χ1v) is 24.1. The molecule has 63 heavy (non-hydrogen) atoms. The van der Waals surface area contributed by atoms with Crippen molar-refractivity contribution in [2.24, 2.45) is 0 Å². The quantitative estimate of drug-likeness (QED) is 0.0212. The summed E-state index contributed by atoms with van der Waals surface area (Å²) in [4.78, 5) is 37.2. The Morgan fingerprint density at radius 1 is 0.492 bits per heavy atom. The highest BCUT2D eigenvalue weighted by atomic mass is 16.7. The number of hydrogen-bond acceptors (Lipinski definition) is 7. The Labute approximate surface area is 384 Å². The van der Waals surface area contributed by atoms with E-state index in [9.17, 15) is 19.5 Å². The van der Waals surface area contributed by atoms with Crippen LogP contribution >= 0.6 is 0 Å². The second kappa shape index (κ2) is 44.6. The molecule has 0 fully saturated rings. The lowest BCUT2D eigenvalue weighted by molar-refractivity contribution is -0.870. The summed E-state index contributed by atoms with van der Waals surface area (Å²) in [5.74, 6) is -2.15. The third-order valence-corrected chi connectivity index (χ3v) is 9.53. The number of aliphatic carboxylic acids is 1. The first-order chi connectivity index (χ1) is 30.6. The van der Waals surface area contributed by atoms with Crippen molar-refractivity contribution >= 4 is 17.9 Å². The Morgan fingerprint density at radius 2 is 0.937 bits per heavy atom. The van der Waals surface area contributed by atoms with Crippen LogP contribution in [0.1, 0.15) is 155 Å². The van der Waals surface area contributed by atoms with E-state index in [0.29, 0.717) is 23.9 Å². The fourth-order valence-electron chi connectivity index (χ4n) is 5.81. The SMILES string of the molecule is CC/C=C\C/C=C\C/C=C\C/C=C\C/C=C\C/C=C\CCC(=O)OC(COC(=O)CCCCCCCC/C=C\C/C=C\C/C=C\CCCCC)COC(OCC[N+](C)(C)C)C(=O)O. The monoisotopic (exact) mass is 879 g/mol. The maximum absolute atomic E-state index is 12.8. The molecule has 0 radical (unpaired) electrons. The first kappa shape index (κ1) is 58.9. The fraction of sp³-hybridized carbons (Fsp3) is 0.611. The molecule has 1 N–H and O–H groups in total. The molecule has 9 heteroatoms. The van der Waals surface area contributed by atoms with Crippen LogP contribution in [-0.2, 0) is 33.3 Å². The second-order valence-corrected chi connectivity index (χ2v) is 16.7. The molecule has 0 aromatic carbocycles. The molecule has 0 rings (SSSR count). The Hall–Kier alpha value is -4.05. The minimum absolute atomic E-state index is 0.125. The van der Waals surface area contributed by atoms with E-state index < -0.39 is 24.3 Å². The molecule has 0 aliphatic rings. The normalized spacial score (nSPS) is 13.9. The van der Waals surface area contributed by atoms with Crippen molar-refractivity contribution in [3.05, 3.63) is 109 Å². The lowest BCUT2D eigenvalue weighted by Crippen LogP contribution is -2.40. The molecule has 0 saturated heterocycles. The number of hydrogen-bond donors (Lipinski definition) is 1. The van der Waals surface area contributed by atoms with E-state index in [2.05, 4.69) is 111 Å². The summed E-state index contributed by atoms with van der Waals surface area (Å²) in [5.41, 5.74) is 0. The molecule has 0 heterocycles. The van der Waals surface area contributed by atoms with E-state index in [1.165, 1.54) is 25.7 Å². The van der Waals surface area contributed by atoms with Crippen LogP contribution in [0.15, 0.2) is 109 Å². The summed E-state index contributed by atoms with van der Waals surface area (Å²) in [6, 6.07) is 0. The van der Waals surface area contributed by atoms with E-state index in [1.807, 2.05) is 33.3 Å². The standard InChI is InChI=1S/C54H87NO8/c1-6-8-10-12-14-16-18-20-22-24-26-28-30-32-34-36-38-40-42-44-51(56)61-48-50(49-62-54(53(58)59)60-47-46-55(3,4)5)63-52(57)45-43-41-39-37-35-33-31-29-27-25-23-21-19-17-15-13-11-9-7-2/h9,11,14-17,20-23,26-29,33,35,39,41,50,54H,6-8,10,12-13,18-19,24-25,30-32,34,36-38,40,42-49H2,1-5H3/p+1/b11-9-,16-14-,17-15-,22-20-,23-21-,28-26-,29-27-,35-33-,41-39-. The molecule has 356 valence electrons. The summed E-state index contributed by atoms with van der Waals surface area (Å²) in [5, 5.41) is 9.65. The van der Waals surface area contributed by atoms with Gasteiger partial charge in [0.1, 0.15) is 13.2 Å². The van der Waals surface area contributed by atoms with Crippen molar-refractivity contribution in [2.75, 3.05) is 47.5 Å². The number of likely N-dealkylation sites (N-methyl/N-ethyl adjacent to an activating group) is 1. The number of carboxylic acid groups (broad SMARTS) is 1. The number of nitrogens with zero attached hydrogens (tertiary/aromatic N) is 1. The highest BCUT2D eigenvalue weighted by Crippen LogP contribution is 2.11. The van der Waals surface area contributed by atoms with Gasteiger partial charge in [-0.05, 0) is 89.9 Å². The molecular formula is C54H88NO8+. The minimum Gasteiger partial charge on any atom is -0.477 e. The molecule has 0 bridgehead atoms. The van der Waals surface area contributed by atoms with Gasteiger partial charge in [-0.2, -0.15) is 0 Å². The van der Waals surface area contributed by atoms with Gasteiger partial charge < -0.3 is 28.5 Å². The lowest BCUT2D eigenvalue weighted by atomic mass is 10.1. The van der Waals surface area contributed by atoms with Gasteiger partial charge in [-0.1, -0.05) is 162 Å². The lowest BCUT2D eigenvalue weighted by Gasteiger charge is -2.25. The highest BCUT2D eigenvalue weighted by molar-refractivity contribution is 5.71. The van der Waals surface area contributed by atoms with Gasteiger partial charge in [0.15, 0.2) is 6.10 Å². The van der Waals surface area contributed by atoms with Gasteiger partial charge in [0, 0.05) is 12.8 Å². The maximum atomic E-state index is 12.8. The zero-order valence-corrected chi connectivity index (χ0v) is 40.2. The van der Waals surface area contributed by atoms with E-state index >= 15 is 0 Å². The van der Waals surface area contributed by atoms with E-state index in [0.717, 1.165) is 89.9 Å². The fourth-order valence-corrected chi connectivity index (χ4v) is 5.81. The number of esters is 2. The van der Waals surface area contributed by atoms with Gasteiger partial charge in [-0.3, -0.25) is 9.59 Å². The molecule has 9 nitrogen and oxygen atoms in total. The van der Waals surface area contributed by atoms with Crippen LogP contribution in [0.2, 0.25) is 0 Å². The van der Waals surface area contributed by atoms with Gasteiger partial charge in [0.05, 0.1) is 34.4 Å². The molecule has 0 saturated carbocycles. The molecule has 2 atom stereocenters. The summed E-state index contributed by atoms with van der Waals surface area (Å²) in [6.45, 7) is 4.60. The molecule has 2 unspecified atom stereocenters. The number of carbonyl (C=O) groups excluding carboxylic acids is 2. The molecule has 0 aliphatic heterocycles. The van der Waals surface area contributed by atoms with Crippen molar-refractivity contribution in [1.29, 1.82) is 0 Å². The first-order valence-electron chi connectivity index (χ1n) is 24.1. The number of unbranched alkanes of at least 4 members (excludes halogenated alkanes) is 9. The van der Waals surface area contributed by atoms with E-state index in [4.69, 9.17) is 18.9 Å². The smallest absolute Gasteiger partial charge is 0.361 e. The predicted octanol–water partition coefficient (Wildman–Crippen LogP) is 13.2. The third-order valence-electron chi connectivity index (χ3n) is 9.53. The van der Waals surface area contributed by atoms with Crippen LogP contribution in [0.5, 0.6) is 0 Å². The van der Waals surface area contributed by atoms with Crippen LogP contribution in [0.4, 0.5) is 0 Å². The Bertz CT molecular complexity index is 1390. The number of ether oxygens (including phenoxy) is 4. The van der Waals surface area contributed by atoms with Crippen LogP contribution in [-0.4, -0.2) is 87.4 Å². The Balaban J connectivity index is 4.57. The van der Waals surface area contributed by atoms with Gasteiger partial charge in [-0.15, -0.1) is 0 Å². The van der Waals surface area contributed by atoms with Crippen molar-refractivity contribution in [3.63, 3.8) is 0 Å². The Morgan fingerprint density at radius 3 is 1.41 bits per heavy atom. The summed E-state index contributed by atoms with van der Waals surface area (Å²) < 4.78 is 22.6. The zero-order chi connectivity index (χ0) is 46.3. The average molecular weight is 879 g/mol. The predicted molar refractivity (Wildman–Crippen MR) is 262 cm³/mol. The van der Waals surface area contributed by atoms with Crippen LogP contribution < -0.4 is 0 Å². The van der Waals surface area contributed by atoms with Crippen LogP contribution in [0, 0.1) is 0 Å². The number of carbonyl (C=O) groups is 3.